The monoisotopic (exact) mass is 274 g/mol. The third kappa shape index (κ3) is 2.96. The summed E-state index contributed by atoms with van der Waals surface area (Å²) in [6.07, 6.45) is 0. The molecule has 0 radical (unpaired) electrons. The minimum absolute atomic E-state index is 0.0771. The van der Waals surface area contributed by atoms with Crippen LogP contribution in [0.5, 0.6) is 11.5 Å². The number of carbonyl (C=O) groups excluding carboxylic acids is 1. The van der Waals surface area contributed by atoms with E-state index >= 15 is 0 Å². The number of rotatable bonds is 5. The fraction of sp³-hybridized carbons (Fsp3) is 0.188. The zero-order valence-corrected chi connectivity index (χ0v) is 11.4. The maximum Gasteiger partial charge on any atom is 0.203 e. The predicted octanol–water partition coefficient (Wildman–Crippen LogP) is 3.40. The van der Waals surface area contributed by atoms with E-state index in [1.54, 1.807) is 43.3 Å². The first kappa shape index (κ1) is 14.1. The van der Waals surface area contributed by atoms with Crippen molar-refractivity contribution in [3.05, 3.63) is 59.4 Å². The Morgan fingerprint density at radius 2 is 1.80 bits per heavy atom. The molecule has 4 heteroatoms. The molecular weight excluding hydrogens is 259 g/mol. The van der Waals surface area contributed by atoms with Gasteiger partial charge in [0, 0.05) is 0 Å². The number of methoxy groups -OCH3 is 1. The van der Waals surface area contributed by atoms with Crippen LogP contribution in [-0.2, 0) is 0 Å². The Morgan fingerprint density at radius 1 is 1.10 bits per heavy atom. The topological polar surface area (TPSA) is 35.5 Å². The summed E-state index contributed by atoms with van der Waals surface area (Å²) in [5.41, 5.74) is 0.898. The Hall–Kier alpha value is -2.36. The van der Waals surface area contributed by atoms with Crippen LogP contribution in [0.4, 0.5) is 4.39 Å². The van der Waals surface area contributed by atoms with Crippen molar-refractivity contribution in [2.45, 2.75) is 6.92 Å². The van der Waals surface area contributed by atoms with Crippen LogP contribution in [0.15, 0.2) is 42.5 Å². The van der Waals surface area contributed by atoms with Crippen LogP contribution in [0, 0.1) is 12.7 Å². The first-order valence-electron chi connectivity index (χ1n) is 6.17. The zero-order valence-electron chi connectivity index (χ0n) is 11.4. The van der Waals surface area contributed by atoms with Crippen molar-refractivity contribution in [3.8, 4) is 11.5 Å². The Labute approximate surface area is 117 Å². The predicted molar refractivity (Wildman–Crippen MR) is 74.0 cm³/mol. The van der Waals surface area contributed by atoms with Gasteiger partial charge in [-0.2, -0.15) is 0 Å². The quantitative estimate of drug-likeness (QED) is 0.784. The summed E-state index contributed by atoms with van der Waals surface area (Å²) in [5, 5.41) is 0. The van der Waals surface area contributed by atoms with Gasteiger partial charge in [0.05, 0.1) is 12.7 Å². The Morgan fingerprint density at radius 3 is 2.55 bits per heavy atom. The summed E-state index contributed by atoms with van der Waals surface area (Å²) < 4.78 is 24.1. The van der Waals surface area contributed by atoms with E-state index in [1.807, 2.05) is 0 Å². The first-order chi connectivity index (χ1) is 9.63. The largest absolute Gasteiger partial charge is 0.496 e. The zero-order chi connectivity index (χ0) is 14.5. The lowest BCUT2D eigenvalue weighted by atomic mass is 10.1. The number of halogens is 1. The van der Waals surface area contributed by atoms with Gasteiger partial charge in [0.15, 0.2) is 18.2 Å². The molecular formula is C16H15FO3. The highest BCUT2D eigenvalue weighted by atomic mass is 19.1. The van der Waals surface area contributed by atoms with Crippen LogP contribution in [0.3, 0.4) is 0 Å². The van der Waals surface area contributed by atoms with E-state index in [4.69, 9.17) is 9.47 Å². The van der Waals surface area contributed by atoms with E-state index in [1.165, 1.54) is 13.2 Å². The van der Waals surface area contributed by atoms with Crippen LogP contribution >= 0.6 is 0 Å². The molecule has 0 saturated carbocycles. The van der Waals surface area contributed by atoms with Crippen molar-refractivity contribution in [3.63, 3.8) is 0 Å². The first-order valence-corrected chi connectivity index (χ1v) is 6.17. The van der Waals surface area contributed by atoms with Crippen molar-refractivity contribution in [2.75, 3.05) is 13.7 Å². The van der Waals surface area contributed by atoms with Crippen LogP contribution < -0.4 is 9.47 Å². The molecule has 3 nitrogen and oxygen atoms in total. The van der Waals surface area contributed by atoms with Gasteiger partial charge in [0.2, 0.25) is 5.78 Å². The number of para-hydroxylation sites is 1. The lowest BCUT2D eigenvalue weighted by molar-refractivity contribution is 0.0915. The summed E-state index contributed by atoms with van der Waals surface area (Å²) in [6.45, 7) is 1.41. The van der Waals surface area contributed by atoms with Gasteiger partial charge in [-0.25, -0.2) is 4.39 Å². The van der Waals surface area contributed by atoms with E-state index < -0.39 is 5.82 Å². The number of benzene rings is 2. The van der Waals surface area contributed by atoms with Crippen molar-refractivity contribution in [1.29, 1.82) is 0 Å². The van der Waals surface area contributed by atoms with E-state index in [0.717, 1.165) is 0 Å². The van der Waals surface area contributed by atoms with Crippen LogP contribution in [-0.4, -0.2) is 19.5 Å². The van der Waals surface area contributed by atoms with Crippen LogP contribution in [0.2, 0.25) is 0 Å². The average Bonchev–Trinajstić information content (AvgIpc) is 2.48. The summed E-state index contributed by atoms with van der Waals surface area (Å²) in [5.74, 6) is -0.150. The average molecular weight is 274 g/mol. The normalized spacial score (nSPS) is 10.2. The van der Waals surface area contributed by atoms with Gasteiger partial charge >= 0.3 is 0 Å². The highest BCUT2D eigenvalue weighted by molar-refractivity contribution is 5.99. The minimum Gasteiger partial charge on any atom is -0.496 e. The molecule has 0 aliphatic heterocycles. The number of hydrogen-bond donors (Lipinski definition) is 0. The molecule has 0 bridgehead atoms. The maximum absolute atomic E-state index is 13.7. The lowest BCUT2D eigenvalue weighted by Gasteiger charge is -2.10. The smallest absolute Gasteiger partial charge is 0.203 e. The van der Waals surface area contributed by atoms with Gasteiger partial charge in [-0.05, 0) is 30.7 Å². The second-order valence-corrected chi connectivity index (χ2v) is 4.30. The Kier molecular flexibility index (Phi) is 4.35. The fourth-order valence-electron chi connectivity index (χ4n) is 1.83. The molecule has 2 aromatic carbocycles. The highest BCUT2D eigenvalue weighted by Gasteiger charge is 2.13. The Bertz CT molecular complexity index is 623. The molecule has 0 unspecified atom stereocenters. The molecule has 0 N–H and O–H groups in total. The summed E-state index contributed by atoms with van der Waals surface area (Å²) >= 11 is 0. The highest BCUT2D eigenvalue weighted by Crippen LogP contribution is 2.21. The molecule has 20 heavy (non-hydrogen) atoms. The molecule has 0 spiro atoms. The summed E-state index contributed by atoms with van der Waals surface area (Å²) in [6, 6.07) is 11.7. The summed E-state index contributed by atoms with van der Waals surface area (Å²) in [4.78, 5) is 12.1. The van der Waals surface area contributed by atoms with Gasteiger partial charge in [-0.15, -0.1) is 0 Å². The van der Waals surface area contributed by atoms with Crippen LogP contribution in [0.25, 0.3) is 0 Å². The third-order valence-electron chi connectivity index (χ3n) is 2.92. The standard InChI is InChI=1S/C16H15FO3/c1-11-6-5-9-15(16(11)17)20-10-13(18)12-7-3-4-8-14(12)19-2/h3-9H,10H2,1-2H3. The number of hydrogen-bond acceptors (Lipinski definition) is 3. The minimum atomic E-state index is -0.444. The SMILES string of the molecule is COc1ccccc1C(=O)COc1cccc(C)c1F. The van der Waals surface area contributed by atoms with E-state index in [0.29, 0.717) is 16.9 Å². The number of ether oxygens (including phenoxy) is 2. The molecule has 0 fully saturated rings. The molecule has 0 heterocycles. The fourth-order valence-corrected chi connectivity index (χ4v) is 1.83. The molecule has 104 valence electrons. The molecule has 0 atom stereocenters. The molecule has 0 aliphatic carbocycles. The second kappa shape index (κ2) is 6.19. The molecule has 0 amide bonds. The van der Waals surface area contributed by atoms with Crippen molar-refractivity contribution in [1.82, 2.24) is 0 Å². The van der Waals surface area contributed by atoms with Gasteiger partial charge in [0.25, 0.3) is 0 Å². The molecule has 0 aliphatic rings. The van der Waals surface area contributed by atoms with Gasteiger partial charge in [-0.3, -0.25) is 4.79 Å². The van der Waals surface area contributed by atoms with E-state index in [9.17, 15) is 9.18 Å². The summed E-state index contributed by atoms with van der Waals surface area (Å²) in [7, 11) is 1.49. The van der Waals surface area contributed by atoms with Crippen molar-refractivity contribution < 1.29 is 18.7 Å². The van der Waals surface area contributed by atoms with Crippen molar-refractivity contribution >= 4 is 5.78 Å². The van der Waals surface area contributed by atoms with E-state index in [-0.39, 0.29) is 18.1 Å². The number of ketones is 1. The molecule has 0 saturated heterocycles. The number of aryl methyl sites for hydroxylation is 1. The maximum atomic E-state index is 13.7. The van der Waals surface area contributed by atoms with Crippen LogP contribution in [0.1, 0.15) is 15.9 Å². The van der Waals surface area contributed by atoms with Gasteiger partial charge in [-0.1, -0.05) is 24.3 Å². The van der Waals surface area contributed by atoms with Crippen molar-refractivity contribution in [2.24, 2.45) is 0 Å². The number of carbonyl (C=O) groups is 1. The third-order valence-corrected chi connectivity index (χ3v) is 2.92. The van der Waals surface area contributed by atoms with E-state index in [2.05, 4.69) is 0 Å². The second-order valence-electron chi connectivity index (χ2n) is 4.30. The molecule has 2 aromatic rings. The number of Topliss-reactive ketones (excluding diaryl/α,β-unsaturated/α-hetero) is 1. The van der Waals surface area contributed by atoms with Gasteiger partial charge in [0.1, 0.15) is 5.75 Å². The molecule has 0 aromatic heterocycles. The van der Waals surface area contributed by atoms with Gasteiger partial charge < -0.3 is 9.47 Å². The lowest BCUT2D eigenvalue weighted by Crippen LogP contribution is -2.13. The molecule has 2 rings (SSSR count). The Balaban J connectivity index is 2.11.